The Morgan fingerprint density at radius 1 is 0.489 bits per heavy atom. The predicted octanol–water partition coefficient (Wildman–Crippen LogP) is 8.83. The van der Waals surface area contributed by atoms with Crippen LogP contribution < -0.4 is 0 Å². The van der Waals surface area contributed by atoms with Crippen LogP contribution in [0.15, 0.2) is 128 Å². The first kappa shape index (κ1) is 26.1. The molecule has 0 saturated heterocycles. The second kappa shape index (κ2) is 9.40. The molecule has 0 atom stereocenters. The van der Waals surface area contributed by atoms with Crippen molar-refractivity contribution >= 4 is 43.9 Å². The second-order valence-corrected chi connectivity index (χ2v) is 12.6. The lowest BCUT2D eigenvalue weighted by atomic mass is 9.82. The average Bonchev–Trinajstić information content (AvgIpc) is 3.72. The summed E-state index contributed by atoms with van der Waals surface area (Å²) in [5.41, 5.74) is 9.45. The lowest BCUT2D eigenvalue weighted by Crippen LogP contribution is -2.15. The SMILES string of the molecule is CC1(C)c2ccccc2-c2ccc(-c3nc(-n4c5ccccc5c5ccccc54)nc(-n4c5ncccc5c5cccnc54)n3)cc21. The summed E-state index contributed by atoms with van der Waals surface area (Å²) in [6, 6.07) is 40.1. The van der Waals surface area contributed by atoms with Gasteiger partial charge in [0.05, 0.1) is 11.0 Å². The molecule has 4 aromatic carbocycles. The van der Waals surface area contributed by atoms with E-state index >= 15 is 0 Å². The van der Waals surface area contributed by atoms with Crippen molar-refractivity contribution in [3.05, 3.63) is 139 Å². The van der Waals surface area contributed by atoms with E-state index in [1.165, 1.54) is 22.3 Å². The van der Waals surface area contributed by atoms with E-state index in [4.69, 9.17) is 24.9 Å². The van der Waals surface area contributed by atoms with Gasteiger partial charge in [0, 0.05) is 44.9 Å². The maximum absolute atomic E-state index is 5.23. The Bertz CT molecular complexity index is 2490. The topological polar surface area (TPSA) is 74.3 Å². The fourth-order valence-corrected chi connectivity index (χ4v) is 7.52. The molecule has 7 nitrogen and oxygen atoms in total. The van der Waals surface area contributed by atoms with Crippen LogP contribution in [0.5, 0.6) is 0 Å². The third-order valence-electron chi connectivity index (χ3n) is 9.72. The molecule has 0 bridgehead atoms. The van der Waals surface area contributed by atoms with Gasteiger partial charge in [0.15, 0.2) is 5.82 Å². The molecule has 47 heavy (non-hydrogen) atoms. The molecule has 0 saturated carbocycles. The zero-order valence-corrected chi connectivity index (χ0v) is 25.8. The molecule has 0 N–H and O–H groups in total. The Balaban J connectivity index is 1.29. The largest absolute Gasteiger partial charge is 0.278 e. The van der Waals surface area contributed by atoms with Crippen LogP contribution in [0.4, 0.5) is 0 Å². The molecule has 1 aliphatic carbocycles. The molecular weight excluding hydrogens is 578 g/mol. The fraction of sp³-hybridized carbons (Fsp3) is 0.0750. The summed E-state index contributed by atoms with van der Waals surface area (Å²) in [7, 11) is 0. The average molecular weight is 606 g/mol. The van der Waals surface area contributed by atoms with Gasteiger partial charge in [-0.1, -0.05) is 86.6 Å². The molecule has 0 radical (unpaired) electrons. The van der Waals surface area contributed by atoms with Crippen LogP contribution in [0.25, 0.3) is 78.3 Å². The number of benzene rings is 4. The van der Waals surface area contributed by atoms with Gasteiger partial charge in [-0.15, -0.1) is 0 Å². The smallest absolute Gasteiger partial charge is 0.242 e. The molecule has 222 valence electrons. The van der Waals surface area contributed by atoms with Crippen LogP contribution in [0.2, 0.25) is 0 Å². The maximum atomic E-state index is 5.23. The molecule has 1 aliphatic rings. The number of aromatic nitrogens is 7. The highest BCUT2D eigenvalue weighted by atomic mass is 15.3. The Morgan fingerprint density at radius 3 is 1.72 bits per heavy atom. The summed E-state index contributed by atoms with van der Waals surface area (Å²) in [5.74, 6) is 1.59. The number of rotatable bonds is 3. The Hall–Kier alpha value is -6.21. The summed E-state index contributed by atoms with van der Waals surface area (Å²) in [6.07, 6.45) is 3.60. The standard InChI is InChI=1S/C40H27N7/c1-40(2)31-16-6-3-11-25(31)26-20-19-24(23-32(26)40)35-43-38(46-33-17-7-4-12-27(33)28-13-5-8-18-34(28)46)45-39(44-35)47-36-29(14-9-21-41-36)30-15-10-22-42-37(30)47/h3-23H,1-2H3. The van der Waals surface area contributed by atoms with E-state index in [9.17, 15) is 0 Å². The highest BCUT2D eigenvalue weighted by molar-refractivity contribution is 6.09. The normalized spacial score (nSPS) is 13.5. The van der Waals surface area contributed by atoms with Crippen molar-refractivity contribution < 1.29 is 0 Å². The minimum absolute atomic E-state index is 0.159. The van der Waals surface area contributed by atoms with E-state index in [2.05, 4.69) is 122 Å². The summed E-state index contributed by atoms with van der Waals surface area (Å²) in [6.45, 7) is 4.58. The number of hydrogen-bond donors (Lipinski definition) is 0. The van der Waals surface area contributed by atoms with E-state index in [1.54, 1.807) is 12.4 Å². The van der Waals surface area contributed by atoms with Gasteiger partial charge in [-0.25, -0.2) is 14.5 Å². The fourth-order valence-electron chi connectivity index (χ4n) is 7.52. The zero-order chi connectivity index (χ0) is 31.3. The number of para-hydroxylation sites is 2. The van der Waals surface area contributed by atoms with Crippen LogP contribution in [0.3, 0.4) is 0 Å². The van der Waals surface area contributed by atoms with Crippen molar-refractivity contribution in [3.8, 4) is 34.4 Å². The quantitative estimate of drug-likeness (QED) is 0.201. The molecule has 0 fully saturated rings. The van der Waals surface area contributed by atoms with Gasteiger partial charge in [0.1, 0.15) is 11.3 Å². The first-order valence-electron chi connectivity index (χ1n) is 15.8. The summed E-state index contributed by atoms with van der Waals surface area (Å²) in [4.78, 5) is 25.2. The van der Waals surface area contributed by atoms with E-state index in [-0.39, 0.29) is 5.41 Å². The Labute approximate surface area is 269 Å². The monoisotopic (exact) mass is 605 g/mol. The first-order valence-corrected chi connectivity index (χ1v) is 15.8. The second-order valence-electron chi connectivity index (χ2n) is 12.6. The molecular formula is C40H27N7. The molecule has 0 amide bonds. The van der Waals surface area contributed by atoms with Crippen molar-refractivity contribution in [2.45, 2.75) is 19.3 Å². The predicted molar refractivity (Wildman–Crippen MR) is 187 cm³/mol. The van der Waals surface area contributed by atoms with Crippen LogP contribution >= 0.6 is 0 Å². The number of hydrogen-bond acceptors (Lipinski definition) is 5. The highest BCUT2D eigenvalue weighted by Crippen LogP contribution is 2.49. The maximum Gasteiger partial charge on any atom is 0.242 e. The lowest BCUT2D eigenvalue weighted by Gasteiger charge is -2.21. The van der Waals surface area contributed by atoms with E-state index in [1.807, 2.05) is 16.7 Å². The van der Waals surface area contributed by atoms with Crippen molar-refractivity contribution in [3.63, 3.8) is 0 Å². The van der Waals surface area contributed by atoms with Crippen LogP contribution in [-0.2, 0) is 5.41 Å². The summed E-state index contributed by atoms with van der Waals surface area (Å²) >= 11 is 0. The highest BCUT2D eigenvalue weighted by Gasteiger charge is 2.35. The van der Waals surface area contributed by atoms with Crippen molar-refractivity contribution in [2.24, 2.45) is 0 Å². The first-order chi connectivity index (χ1) is 23.1. The van der Waals surface area contributed by atoms with Gasteiger partial charge in [0.2, 0.25) is 11.9 Å². The van der Waals surface area contributed by atoms with E-state index in [0.29, 0.717) is 17.7 Å². The van der Waals surface area contributed by atoms with Crippen molar-refractivity contribution in [1.82, 2.24) is 34.1 Å². The molecule has 5 heterocycles. The molecule has 9 aromatic rings. The molecule has 0 aliphatic heterocycles. The van der Waals surface area contributed by atoms with Gasteiger partial charge in [-0.3, -0.25) is 4.57 Å². The van der Waals surface area contributed by atoms with Crippen LogP contribution in [0.1, 0.15) is 25.0 Å². The Kier molecular flexibility index (Phi) is 5.21. The molecule has 0 unspecified atom stereocenters. The van der Waals surface area contributed by atoms with Gasteiger partial charge in [-0.2, -0.15) is 15.0 Å². The van der Waals surface area contributed by atoms with Crippen molar-refractivity contribution in [1.29, 1.82) is 0 Å². The van der Waals surface area contributed by atoms with Gasteiger partial charge >= 0.3 is 0 Å². The molecule has 10 rings (SSSR count). The van der Waals surface area contributed by atoms with Crippen molar-refractivity contribution in [2.75, 3.05) is 0 Å². The van der Waals surface area contributed by atoms with Crippen LogP contribution in [-0.4, -0.2) is 34.1 Å². The summed E-state index contributed by atoms with van der Waals surface area (Å²) < 4.78 is 4.10. The van der Waals surface area contributed by atoms with Crippen LogP contribution in [0, 0.1) is 0 Å². The molecule has 7 heteroatoms. The third kappa shape index (κ3) is 3.59. The minimum Gasteiger partial charge on any atom is -0.278 e. The van der Waals surface area contributed by atoms with Gasteiger partial charge in [0.25, 0.3) is 0 Å². The summed E-state index contributed by atoms with van der Waals surface area (Å²) in [5, 5.41) is 4.27. The van der Waals surface area contributed by atoms with Gasteiger partial charge in [-0.05, 0) is 64.7 Å². The number of fused-ring (bicyclic) bond motifs is 9. The van der Waals surface area contributed by atoms with E-state index in [0.717, 1.165) is 49.4 Å². The third-order valence-corrected chi connectivity index (χ3v) is 9.72. The molecule has 0 spiro atoms. The lowest BCUT2D eigenvalue weighted by molar-refractivity contribution is 0.660. The zero-order valence-electron chi connectivity index (χ0n) is 25.8. The Morgan fingerprint density at radius 2 is 1.04 bits per heavy atom. The van der Waals surface area contributed by atoms with Gasteiger partial charge < -0.3 is 0 Å². The number of nitrogens with zero attached hydrogens (tertiary/aromatic N) is 7. The van der Waals surface area contributed by atoms with E-state index < -0.39 is 0 Å². The minimum atomic E-state index is -0.159. The molecule has 5 aromatic heterocycles. The number of pyridine rings is 2.